The molecule has 0 atom stereocenters. The molecular formula is C19H35N5O3S. The van der Waals surface area contributed by atoms with Gasteiger partial charge in [-0.3, -0.25) is 4.99 Å². The van der Waals surface area contributed by atoms with Crippen LogP contribution < -0.4 is 5.32 Å². The number of sulfonamides is 1. The molecule has 0 radical (unpaired) electrons. The topological polar surface area (TPSA) is 91.0 Å². The summed E-state index contributed by atoms with van der Waals surface area (Å²) >= 11 is 0. The molecule has 2 rings (SSSR count). The molecule has 1 fully saturated rings. The lowest BCUT2D eigenvalue weighted by atomic mass is 10.1. The zero-order chi connectivity index (χ0) is 20.2. The van der Waals surface area contributed by atoms with E-state index >= 15 is 0 Å². The van der Waals surface area contributed by atoms with Crippen LogP contribution in [0.3, 0.4) is 0 Å². The van der Waals surface area contributed by atoms with Crippen LogP contribution in [0, 0.1) is 0 Å². The molecule has 0 saturated carbocycles. The monoisotopic (exact) mass is 413 g/mol. The van der Waals surface area contributed by atoms with Crippen LogP contribution in [0.1, 0.15) is 57.6 Å². The van der Waals surface area contributed by atoms with Crippen molar-refractivity contribution >= 4 is 16.0 Å². The van der Waals surface area contributed by atoms with Gasteiger partial charge in [0.15, 0.2) is 5.96 Å². The summed E-state index contributed by atoms with van der Waals surface area (Å²) in [4.78, 5) is 6.49. The van der Waals surface area contributed by atoms with Gasteiger partial charge in [0, 0.05) is 45.8 Å². The average molecular weight is 414 g/mol. The molecule has 0 bridgehead atoms. The minimum absolute atomic E-state index is 0.116. The normalized spacial score (nSPS) is 16.5. The van der Waals surface area contributed by atoms with E-state index in [4.69, 9.17) is 4.52 Å². The van der Waals surface area contributed by atoms with Crippen molar-refractivity contribution in [3.05, 3.63) is 18.0 Å². The quantitative estimate of drug-likeness (QED) is 0.340. The Morgan fingerprint density at radius 1 is 1.14 bits per heavy atom. The lowest BCUT2D eigenvalue weighted by Gasteiger charge is -2.35. The predicted octanol–water partition coefficient (Wildman–Crippen LogP) is 2.45. The van der Waals surface area contributed by atoms with E-state index in [1.54, 1.807) is 13.1 Å². The molecule has 0 aliphatic carbocycles. The predicted molar refractivity (Wildman–Crippen MR) is 112 cm³/mol. The third kappa shape index (κ3) is 7.43. The van der Waals surface area contributed by atoms with Crippen LogP contribution in [0.2, 0.25) is 0 Å². The number of hydrogen-bond donors (Lipinski definition) is 1. The second-order valence-electron chi connectivity index (χ2n) is 7.23. The SMILES string of the molecule is CCCCCCCCCNC(=NC)N1CCN(S(=O)(=O)Cc2ccon2)CC1. The Hall–Kier alpha value is -1.61. The number of rotatable bonds is 11. The first kappa shape index (κ1) is 22.7. The lowest BCUT2D eigenvalue weighted by molar-refractivity contribution is 0.260. The van der Waals surface area contributed by atoms with Gasteiger partial charge in [0.25, 0.3) is 0 Å². The highest BCUT2D eigenvalue weighted by Crippen LogP contribution is 2.13. The molecule has 0 unspecified atom stereocenters. The van der Waals surface area contributed by atoms with E-state index in [1.807, 2.05) is 0 Å². The summed E-state index contributed by atoms with van der Waals surface area (Å²) in [7, 11) is -1.59. The maximum atomic E-state index is 12.5. The van der Waals surface area contributed by atoms with Crippen molar-refractivity contribution in [2.75, 3.05) is 39.8 Å². The second kappa shape index (κ2) is 12.1. The van der Waals surface area contributed by atoms with Crippen molar-refractivity contribution in [1.82, 2.24) is 19.7 Å². The van der Waals surface area contributed by atoms with Crippen molar-refractivity contribution in [3.8, 4) is 0 Å². The Morgan fingerprint density at radius 3 is 2.43 bits per heavy atom. The highest BCUT2D eigenvalue weighted by Gasteiger charge is 2.28. The van der Waals surface area contributed by atoms with E-state index in [-0.39, 0.29) is 5.75 Å². The van der Waals surface area contributed by atoms with Gasteiger partial charge in [0.05, 0.1) is 5.69 Å². The Morgan fingerprint density at radius 2 is 1.82 bits per heavy atom. The Balaban J connectivity index is 1.67. The summed E-state index contributed by atoms with van der Waals surface area (Å²) in [5.41, 5.74) is 0.439. The standard InChI is InChI=1S/C19H35N5O3S/c1-3-4-5-6-7-8-9-11-21-19(20-2)23-12-14-24(15-13-23)28(25,26)17-18-10-16-27-22-18/h10,16H,3-9,11-15,17H2,1-2H3,(H,20,21). The van der Waals surface area contributed by atoms with Crippen LogP contribution in [-0.2, 0) is 15.8 Å². The third-order valence-electron chi connectivity index (χ3n) is 5.03. The zero-order valence-corrected chi connectivity index (χ0v) is 18.1. The van der Waals surface area contributed by atoms with E-state index in [9.17, 15) is 8.42 Å². The number of unbranched alkanes of at least 4 members (excludes halogenated alkanes) is 6. The van der Waals surface area contributed by atoms with E-state index in [2.05, 4.69) is 27.3 Å². The number of nitrogens with one attached hydrogen (secondary N) is 1. The average Bonchev–Trinajstić information content (AvgIpc) is 3.19. The molecule has 0 aromatic carbocycles. The van der Waals surface area contributed by atoms with Crippen molar-refractivity contribution in [3.63, 3.8) is 0 Å². The van der Waals surface area contributed by atoms with Crippen LogP contribution in [-0.4, -0.2) is 68.5 Å². The van der Waals surface area contributed by atoms with Crippen LogP contribution in [0.15, 0.2) is 21.8 Å². The molecule has 1 aliphatic heterocycles. The van der Waals surface area contributed by atoms with Crippen molar-refractivity contribution in [2.45, 2.75) is 57.6 Å². The van der Waals surface area contributed by atoms with Gasteiger partial charge >= 0.3 is 0 Å². The highest BCUT2D eigenvalue weighted by atomic mass is 32.2. The molecule has 1 aliphatic rings. The fourth-order valence-corrected chi connectivity index (χ4v) is 4.81. The minimum Gasteiger partial charge on any atom is -0.364 e. The molecule has 1 saturated heterocycles. The number of nitrogens with zero attached hydrogens (tertiary/aromatic N) is 4. The molecule has 2 heterocycles. The van der Waals surface area contributed by atoms with Crippen LogP contribution in [0.4, 0.5) is 0 Å². The molecule has 0 spiro atoms. The van der Waals surface area contributed by atoms with Crippen molar-refractivity contribution in [1.29, 1.82) is 0 Å². The second-order valence-corrected chi connectivity index (χ2v) is 9.20. The van der Waals surface area contributed by atoms with E-state index in [0.717, 1.165) is 18.9 Å². The molecule has 0 amide bonds. The maximum Gasteiger partial charge on any atom is 0.220 e. The first-order valence-corrected chi connectivity index (χ1v) is 12.0. The smallest absolute Gasteiger partial charge is 0.220 e. The number of aromatic nitrogens is 1. The summed E-state index contributed by atoms with van der Waals surface area (Å²) < 4.78 is 31.3. The Bertz CT molecular complexity index is 668. The molecule has 28 heavy (non-hydrogen) atoms. The van der Waals surface area contributed by atoms with Crippen molar-refractivity contribution < 1.29 is 12.9 Å². The van der Waals surface area contributed by atoms with Gasteiger partial charge < -0.3 is 14.7 Å². The summed E-state index contributed by atoms with van der Waals surface area (Å²) in [6, 6.07) is 1.59. The van der Waals surface area contributed by atoms with Gasteiger partial charge in [-0.25, -0.2) is 8.42 Å². The molecule has 1 aromatic rings. The van der Waals surface area contributed by atoms with Gasteiger partial charge in [-0.2, -0.15) is 4.31 Å². The molecular weight excluding hydrogens is 378 g/mol. The zero-order valence-electron chi connectivity index (χ0n) is 17.3. The van der Waals surface area contributed by atoms with Gasteiger partial charge in [-0.05, 0) is 6.42 Å². The first-order chi connectivity index (χ1) is 13.6. The number of hydrogen-bond acceptors (Lipinski definition) is 5. The highest BCUT2D eigenvalue weighted by molar-refractivity contribution is 7.88. The maximum absolute atomic E-state index is 12.5. The summed E-state index contributed by atoms with van der Waals surface area (Å²) in [6.07, 6.45) is 10.4. The third-order valence-corrected chi connectivity index (χ3v) is 6.84. The Kier molecular flexibility index (Phi) is 9.77. The molecule has 9 heteroatoms. The minimum atomic E-state index is -3.37. The fraction of sp³-hybridized carbons (Fsp3) is 0.789. The molecule has 1 aromatic heterocycles. The molecule has 160 valence electrons. The van der Waals surface area contributed by atoms with Crippen LogP contribution in [0.25, 0.3) is 0 Å². The van der Waals surface area contributed by atoms with Crippen LogP contribution in [0.5, 0.6) is 0 Å². The fourth-order valence-electron chi connectivity index (χ4n) is 3.38. The Labute approximate surface area is 169 Å². The first-order valence-electron chi connectivity index (χ1n) is 10.4. The number of guanidine groups is 1. The molecule has 8 nitrogen and oxygen atoms in total. The summed E-state index contributed by atoms with van der Waals surface area (Å²) in [5.74, 6) is 0.744. The van der Waals surface area contributed by atoms with Crippen molar-refractivity contribution in [2.24, 2.45) is 4.99 Å². The van der Waals surface area contributed by atoms with Gasteiger partial charge in [-0.1, -0.05) is 50.6 Å². The van der Waals surface area contributed by atoms with E-state index < -0.39 is 10.0 Å². The number of piperazine rings is 1. The van der Waals surface area contributed by atoms with Gasteiger partial charge in [-0.15, -0.1) is 0 Å². The lowest BCUT2D eigenvalue weighted by Crippen LogP contribution is -2.54. The summed E-state index contributed by atoms with van der Waals surface area (Å²) in [6.45, 7) is 5.33. The summed E-state index contributed by atoms with van der Waals surface area (Å²) in [5, 5.41) is 7.12. The largest absolute Gasteiger partial charge is 0.364 e. The van der Waals surface area contributed by atoms with E-state index in [1.165, 1.54) is 49.1 Å². The van der Waals surface area contributed by atoms with Gasteiger partial charge in [0.2, 0.25) is 10.0 Å². The number of aliphatic imine (C=N–C) groups is 1. The molecule has 1 N–H and O–H groups in total. The van der Waals surface area contributed by atoms with E-state index in [0.29, 0.717) is 31.9 Å². The van der Waals surface area contributed by atoms with Crippen LogP contribution >= 0.6 is 0 Å². The van der Waals surface area contributed by atoms with Gasteiger partial charge in [0.1, 0.15) is 12.0 Å².